The van der Waals surface area contributed by atoms with Gasteiger partial charge in [-0.2, -0.15) is 0 Å². The van der Waals surface area contributed by atoms with Gasteiger partial charge in [0.2, 0.25) is 0 Å². The first-order valence-electron chi connectivity index (χ1n) is 8.95. The maximum Gasteiger partial charge on any atom is 0.255 e. The van der Waals surface area contributed by atoms with Gasteiger partial charge in [-0.3, -0.25) is 9.59 Å². The normalized spacial score (nSPS) is 10.3. The summed E-state index contributed by atoms with van der Waals surface area (Å²) in [4.78, 5) is 24.2. The molecule has 2 N–H and O–H groups in total. The van der Waals surface area contributed by atoms with Crippen molar-refractivity contribution in [1.82, 2.24) is 5.32 Å². The van der Waals surface area contributed by atoms with Crippen LogP contribution in [0.5, 0.6) is 0 Å². The fourth-order valence-electron chi connectivity index (χ4n) is 2.53. The van der Waals surface area contributed by atoms with Crippen molar-refractivity contribution in [3.05, 3.63) is 65.7 Å². The molecule has 0 heterocycles. The van der Waals surface area contributed by atoms with Gasteiger partial charge in [-0.15, -0.1) is 0 Å². The summed E-state index contributed by atoms with van der Waals surface area (Å²) in [5.41, 5.74) is 1.88. The molecule has 0 aliphatic heterocycles. The van der Waals surface area contributed by atoms with E-state index in [-0.39, 0.29) is 11.8 Å². The molecular formula is C21H26N2O2. The molecule has 0 bridgehead atoms. The van der Waals surface area contributed by atoms with E-state index in [0.29, 0.717) is 23.4 Å². The lowest BCUT2D eigenvalue weighted by Crippen LogP contribution is -2.24. The summed E-state index contributed by atoms with van der Waals surface area (Å²) in [7, 11) is 0. The van der Waals surface area contributed by atoms with Crippen LogP contribution in [-0.4, -0.2) is 18.4 Å². The van der Waals surface area contributed by atoms with E-state index in [1.54, 1.807) is 36.4 Å². The summed E-state index contributed by atoms with van der Waals surface area (Å²) >= 11 is 0. The summed E-state index contributed by atoms with van der Waals surface area (Å²) in [5.74, 6) is -0.235. The molecule has 0 saturated carbocycles. The van der Waals surface area contributed by atoms with Gasteiger partial charge in [-0.1, -0.05) is 50.8 Å². The first kappa shape index (κ1) is 18.7. The number of nitrogens with one attached hydrogen (secondary N) is 2. The van der Waals surface area contributed by atoms with Crippen LogP contribution in [0.2, 0.25) is 0 Å². The molecule has 4 nitrogen and oxygen atoms in total. The van der Waals surface area contributed by atoms with Gasteiger partial charge in [0.1, 0.15) is 0 Å². The monoisotopic (exact) mass is 338 g/mol. The van der Waals surface area contributed by atoms with E-state index >= 15 is 0 Å². The van der Waals surface area contributed by atoms with E-state index in [9.17, 15) is 9.59 Å². The van der Waals surface area contributed by atoms with Gasteiger partial charge in [0.15, 0.2) is 0 Å². The zero-order valence-electron chi connectivity index (χ0n) is 14.8. The number of rotatable bonds is 9. The van der Waals surface area contributed by atoms with Gasteiger partial charge in [-0.25, -0.2) is 0 Å². The molecule has 4 heteroatoms. The highest BCUT2D eigenvalue weighted by molar-refractivity contribution is 6.04. The molecule has 2 aromatic carbocycles. The van der Waals surface area contributed by atoms with Gasteiger partial charge in [-0.05, 0) is 42.8 Å². The molecule has 0 aliphatic rings. The van der Waals surface area contributed by atoms with Crippen molar-refractivity contribution in [2.75, 3.05) is 11.9 Å². The molecule has 2 amide bonds. The second-order valence-electron chi connectivity index (χ2n) is 6.07. The number of anilines is 1. The average Bonchev–Trinajstić information content (AvgIpc) is 2.65. The molecule has 0 saturated heterocycles. The lowest BCUT2D eigenvalue weighted by Gasteiger charge is -2.08. The fraction of sp³-hybridized carbons (Fsp3) is 0.333. The second kappa shape index (κ2) is 10.3. The van der Waals surface area contributed by atoms with Crippen LogP contribution in [0.25, 0.3) is 0 Å². The number of benzene rings is 2. The van der Waals surface area contributed by atoms with Crippen molar-refractivity contribution in [2.45, 2.75) is 39.0 Å². The van der Waals surface area contributed by atoms with Crippen LogP contribution in [0.4, 0.5) is 5.69 Å². The molecular weight excluding hydrogens is 312 g/mol. The molecule has 0 radical (unpaired) electrons. The van der Waals surface area contributed by atoms with E-state index in [4.69, 9.17) is 0 Å². The molecule has 0 spiro atoms. The van der Waals surface area contributed by atoms with Crippen molar-refractivity contribution >= 4 is 17.5 Å². The van der Waals surface area contributed by atoms with E-state index < -0.39 is 0 Å². The van der Waals surface area contributed by atoms with E-state index in [0.717, 1.165) is 12.8 Å². The van der Waals surface area contributed by atoms with Gasteiger partial charge < -0.3 is 10.6 Å². The SMILES string of the molecule is CCCCCCCNC(=O)c1ccc(NC(=O)c2ccccc2)cc1. The lowest BCUT2D eigenvalue weighted by atomic mass is 10.1. The molecule has 2 rings (SSSR count). The third-order valence-electron chi connectivity index (χ3n) is 4.01. The maximum absolute atomic E-state index is 12.1. The Morgan fingerprint density at radius 2 is 1.40 bits per heavy atom. The van der Waals surface area contributed by atoms with E-state index in [1.807, 2.05) is 18.2 Å². The van der Waals surface area contributed by atoms with Crippen molar-refractivity contribution < 1.29 is 9.59 Å². The van der Waals surface area contributed by atoms with E-state index in [2.05, 4.69) is 17.6 Å². The number of amides is 2. The summed E-state index contributed by atoms with van der Waals surface area (Å²) < 4.78 is 0. The standard InChI is InChI=1S/C21H26N2O2/c1-2-3-4-5-9-16-22-20(24)18-12-14-19(15-13-18)23-21(25)17-10-7-6-8-11-17/h6-8,10-15H,2-5,9,16H2,1H3,(H,22,24)(H,23,25). The Labute approximate surface area is 149 Å². The molecule has 132 valence electrons. The molecule has 25 heavy (non-hydrogen) atoms. The first-order valence-corrected chi connectivity index (χ1v) is 8.95. The molecule has 0 aromatic heterocycles. The highest BCUT2D eigenvalue weighted by Gasteiger charge is 2.07. The number of hydrogen-bond donors (Lipinski definition) is 2. The minimum Gasteiger partial charge on any atom is -0.352 e. The summed E-state index contributed by atoms with van der Waals surface area (Å²) in [6.45, 7) is 2.89. The Kier molecular flexibility index (Phi) is 7.70. The van der Waals surface area contributed by atoms with E-state index in [1.165, 1.54) is 19.3 Å². The summed E-state index contributed by atoms with van der Waals surface area (Å²) in [5, 5.41) is 5.76. The second-order valence-corrected chi connectivity index (χ2v) is 6.07. The minimum absolute atomic E-state index is 0.0728. The summed E-state index contributed by atoms with van der Waals surface area (Å²) in [6, 6.07) is 16.0. The highest BCUT2D eigenvalue weighted by atomic mass is 16.2. The van der Waals surface area contributed by atoms with Crippen molar-refractivity contribution in [3.8, 4) is 0 Å². The van der Waals surface area contributed by atoms with Gasteiger partial charge >= 0.3 is 0 Å². The fourth-order valence-corrected chi connectivity index (χ4v) is 2.53. The lowest BCUT2D eigenvalue weighted by molar-refractivity contribution is 0.0952. The Morgan fingerprint density at radius 1 is 0.760 bits per heavy atom. The Bertz CT molecular complexity index is 666. The summed E-state index contributed by atoms with van der Waals surface area (Å²) in [6.07, 6.45) is 5.86. The smallest absolute Gasteiger partial charge is 0.255 e. The number of carbonyl (C=O) groups is 2. The third-order valence-corrected chi connectivity index (χ3v) is 4.01. The van der Waals surface area contributed by atoms with Crippen molar-refractivity contribution in [2.24, 2.45) is 0 Å². The first-order chi connectivity index (χ1) is 12.2. The Balaban J connectivity index is 1.79. The van der Waals surface area contributed by atoms with Gasteiger partial charge in [0, 0.05) is 23.4 Å². The van der Waals surface area contributed by atoms with Crippen LogP contribution in [0.3, 0.4) is 0 Å². The predicted octanol–water partition coefficient (Wildman–Crippen LogP) is 4.64. The number of hydrogen-bond acceptors (Lipinski definition) is 2. The van der Waals surface area contributed by atoms with Crippen LogP contribution < -0.4 is 10.6 Å². The Morgan fingerprint density at radius 3 is 2.08 bits per heavy atom. The van der Waals surface area contributed by atoms with Crippen LogP contribution in [0.15, 0.2) is 54.6 Å². The molecule has 0 atom stereocenters. The highest BCUT2D eigenvalue weighted by Crippen LogP contribution is 2.11. The zero-order chi connectivity index (χ0) is 17.9. The van der Waals surface area contributed by atoms with Crippen molar-refractivity contribution in [1.29, 1.82) is 0 Å². The predicted molar refractivity (Wildman–Crippen MR) is 102 cm³/mol. The molecule has 0 aliphatic carbocycles. The van der Waals surface area contributed by atoms with Crippen LogP contribution in [0, 0.1) is 0 Å². The molecule has 0 fully saturated rings. The van der Waals surface area contributed by atoms with Crippen LogP contribution in [0.1, 0.15) is 59.7 Å². The molecule has 0 unspecified atom stereocenters. The van der Waals surface area contributed by atoms with Gasteiger partial charge in [0.25, 0.3) is 11.8 Å². The Hall–Kier alpha value is -2.62. The molecule has 2 aromatic rings. The quantitative estimate of drug-likeness (QED) is 0.654. The zero-order valence-corrected chi connectivity index (χ0v) is 14.8. The minimum atomic E-state index is -0.162. The van der Waals surface area contributed by atoms with Crippen LogP contribution >= 0.6 is 0 Å². The number of carbonyl (C=O) groups excluding carboxylic acids is 2. The average molecular weight is 338 g/mol. The largest absolute Gasteiger partial charge is 0.352 e. The topological polar surface area (TPSA) is 58.2 Å². The van der Waals surface area contributed by atoms with Crippen LogP contribution in [-0.2, 0) is 0 Å². The van der Waals surface area contributed by atoms with Gasteiger partial charge in [0.05, 0.1) is 0 Å². The van der Waals surface area contributed by atoms with Crippen molar-refractivity contribution in [3.63, 3.8) is 0 Å². The number of unbranched alkanes of at least 4 members (excludes halogenated alkanes) is 4. The third kappa shape index (κ3) is 6.42. The maximum atomic E-state index is 12.1.